The second-order valence-electron chi connectivity index (χ2n) is 5.82. The predicted octanol–water partition coefficient (Wildman–Crippen LogP) is 5.99. The van der Waals surface area contributed by atoms with Crippen molar-refractivity contribution in [1.29, 1.82) is 0 Å². The summed E-state index contributed by atoms with van der Waals surface area (Å²) in [4.78, 5) is 0. The van der Waals surface area contributed by atoms with Gasteiger partial charge in [0.25, 0.3) is 0 Å². The predicted molar refractivity (Wildman–Crippen MR) is 104 cm³/mol. The number of benzene rings is 3. The molecular weight excluding hydrogens is 308 g/mol. The van der Waals surface area contributed by atoms with Gasteiger partial charge >= 0.3 is 0 Å². The molecule has 0 saturated carbocycles. The van der Waals surface area contributed by atoms with Gasteiger partial charge in [-0.25, -0.2) is 0 Å². The average Bonchev–Trinajstić information content (AvgIpc) is 2.68. The molecule has 3 rings (SSSR count). The minimum Gasteiger partial charge on any atom is -0.496 e. The van der Waals surface area contributed by atoms with E-state index in [0.29, 0.717) is 6.61 Å². The van der Waals surface area contributed by atoms with Crippen LogP contribution in [0.5, 0.6) is 11.5 Å². The first-order chi connectivity index (χ1) is 12.3. The van der Waals surface area contributed by atoms with Crippen molar-refractivity contribution in [1.82, 2.24) is 0 Å². The first-order valence-corrected chi connectivity index (χ1v) is 8.77. The molecule has 0 unspecified atom stereocenters. The molecular formula is C23H24O2. The molecule has 2 nitrogen and oxygen atoms in total. The normalized spacial score (nSPS) is 10.5. The van der Waals surface area contributed by atoms with Crippen LogP contribution in [0.3, 0.4) is 0 Å². The maximum atomic E-state index is 5.87. The Kier molecular flexibility index (Phi) is 5.39. The van der Waals surface area contributed by atoms with Crippen molar-refractivity contribution in [2.75, 3.05) is 13.7 Å². The summed E-state index contributed by atoms with van der Waals surface area (Å²) >= 11 is 0. The largest absolute Gasteiger partial charge is 0.496 e. The molecule has 0 N–H and O–H groups in total. The van der Waals surface area contributed by atoms with E-state index >= 15 is 0 Å². The Morgan fingerprint density at radius 2 is 1.32 bits per heavy atom. The Labute approximate surface area is 150 Å². The fraction of sp³-hybridized carbons (Fsp3) is 0.217. The number of aryl methyl sites for hydroxylation is 1. The number of ether oxygens (including phenoxy) is 2. The Morgan fingerprint density at radius 3 is 2.04 bits per heavy atom. The molecule has 25 heavy (non-hydrogen) atoms. The van der Waals surface area contributed by atoms with E-state index in [2.05, 4.69) is 43.3 Å². The van der Waals surface area contributed by atoms with Gasteiger partial charge in [0.15, 0.2) is 0 Å². The van der Waals surface area contributed by atoms with Crippen LogP contribution in [0.25, 0.3) is 22.3 Å². The Hall–Kier alpha value is -2.74. The van der Waals surface area contributed by atoms with Crippen LogP contribution in [0.4, 0.5) is 0 Å². The van der Waals surface area contributed by atoms with Crippen LogP contribution in [0.2, 0.25) is 0 Å². The van der Waals surface area contributed by atoms with E-state index in [4.69, 9.17) is 9.47 Å². The van der Waals surface area contributed by atoms with Crippen LogP contribution >= 0.6 is 0 Å². The zero-order valence-electron chi connectivity index (χ0n) is 15.1. The van der Waals surface area contributed by atoms with E-state index in [1.807, 2.05) is 37.3 Å². The highest BCUT2D eigenvalue weighted by Crippen LogP contribution is 2.43. The van der Waals surface area contributed by atoms with E-state index in [9.17, 15) is 0 Å². The van der Waals surface area contributed by atoms with Crippen LogP contribution in [-0.4, -0.2) is 13.7 Å². The zero-order valence-corrected chi connectivity index (χ0v) is 15.1. The highest BCUT2D eigenvalue weighted by atomic mass is 16.5. The standard InChI is InChI=1S/C23H24O2/c1-4-17-11-6-7-12-18(17)23-20(14-10-16-22(23)24-3)19-13-8-9-15-21(19)25-5-2/h6-16H,4-5H2,1-3H3. The van der Waals surface area contributed by atoms with Crippen molar-refractivity contribution in [3.05, 3.63) is 72.3 Å². The summed E-state index contributed by atoms with van der Waals surface area (Å²) in [5.74, 6) is 1.78. The Balaban J connectivity index is 2.30. The van der Waals surface area contributed by atoms with Crippen LogP contribution in [-0.2, 0) is 6.42 Å². The minimum absolute atomic E-state index is 0.641. The molecule has 0 amide bonds. The third-order valence-corrected chi connectivity index (χ3v) is 4.39. The van der Waals surface area contributed by atoms with Crippen LogP contribution < -0.4 is 9.47 Å². The molecule has 3 aromatic carbocycles. The summed E-state index contributed by atoms with van der Waals surface area (Å²) < 4.78 is 11.6. The van der Waals surface area contributed by atoms with Crippen molar-refractivity contribution in [2.24, 2.45) is 0 Å². The van der Waals surface area contributed by atoms with Gasteiger partial charge in [-0.1, -0.05) is 61.5 Å². The second kappa shape index (κ2) is 7.89. The van der Waals surface area contributed by atoms with Gasteiger partial charge < -0.3 is 9.47 Å². The third kappa shape index (κ3) is 3.39. The SMILES string of the molecule is CCOc1ccccc1-c1cccc(OC)c1-c1ccccc1CC. The molecule has 3 aromatic rings. The van der Waals surface area contributed by atoms with Crippen molar-refractivity contribution >= 4 is 0 Å². The van der Waals surface area contributed by atoms with Gasteiger partial charge in [-0.15, -0.1) is 0 Å². The first-order valence-electron chi connectivity index (χ1n) is 8.77. The lowest BCUT2D eigenvalue weighted by molar-refractivity contribution is 0.341. The number of methoxy groups -OCH3 is 1. The lowest BCUT2D eigenvalue weighted by Gasteiger charge is -2.19. The molecule has 0 spiro atoms. The molecule has 0 fully saturated rings. The maximum Gasteiger partial charge on any atom is 0.127 e. The summed E-state index contributed by atoms with van der Waals surface area (Å²) in [6.07, 6.45) is 0.973. The van der Waals surface area contributed by atoms with Crippen LogP contribution in [0.1, 0.15) is 19.4 Å². The van der Waals surface area contributed by atoms with Gasteiger partial charge in [0.2, 0.25) is 0 Å². The molecule has 0 aromatic heterocycles. The first kappa shape index (κ1) is 17.1. The highest BCUT2D eigenvalue weighted by Gasteiger charge is 2.17. The summed E-state index contributed by atoms with van der Waals surface area (Å²) in [6.45, 7) is 4.83. The second-order valence-corrected chi connectivity index (χ2v) is 5.82. The Bertz CT molecular complexity index is 852. The molecule has 0 saturated heterocycles. The molecule has 0 aliphatic rings. The number of para-hydroxylation sites is 1. The average molecular weight is 332 g/mol. The van der Waals surface area contributed by atoms with Crippen LogP contribution in [0, 0.1) is 0 Å². The van der Waals surface area contributed by atoms with E-state index in [1.165, 1.54) is 11.1 Å². The zero-order chi connectivity index (χ0) is 17.6. The van der Waals surface area contributed by atoms with Crippen molar-refractivity contribution < 1.29 is 9.47 Å². The van der Waals surface area contributed by atoms with Crippen LogP contribution in [0.15, 0.2) is 66.7 Å². The fourth-order valence-corrected chi connectivity index (χ4v) is 3.25. The van der Waals surface area contributed by atoms with E-state index < -0.39 is 0 Å². The monoisotopic (exact) mass is 332 g/mol. The minimum atomic E-state index is 0.641. The van der Waals surface area contributed by atoms with Gasteiger partial charge in [0.05, 0.1) is 13.7 Å². The quantitative estimate of drug-likeness (QED) is 0.552. The fourth-order valence-electron chi connectivity index (χ4n) is 3.25. The summed E-state index contributed by atoms with van der Waals surface area (Å²) in [6, 6.07) is 22.9. The lowest BCUT2D eigenvalue weighted by atomic mass is 9.90. The Morgan fingerprint density at radius 1 is 0.680 bits per heavy atom. The smallest absolute Gasteiger partial charge is 0.127 e. The van der Waals surface area contributed by atoms with Gasteiger partial charge in [0, 0.05) is 11.1 Å². The van der Waals surface area contributed by atoms with E-state index in [1.54, 1.807) is 7.11 Å². The van der Waals surface area contributed by atoms with Crippen molar-refractivity contribution in [3.63, 3.8) is 0 Å². The summed E-state index contributed by atoms with van der Waals surface area (Å²) in [5, 5.41) is 0. The van der Waals surface area contributed by atoms with Gasteiger partial charge in [-0.3, -0.25) is 0 Å². The van der Waals surface area contributed by atoms with Crippen molar-refractivity contribution in [2.45, 2.75) is 20.3 Å². The molecule has 0 radical (unpaired) electrons. The molecule has 0 aliphatic heterocycles. The highest BCUT2D eigenvalue weighted by molar-refractivity contribution is 5.90. The van der Waals surface area contributed by atoms with Gasteiger partial charge in [0.1, 0.15) is 11.5 Å². The van der Waals surface area contributed by atoms with Gasteiger partial charge in [-0.2, -0.15) is 0 Å². The summed E-state index contributed by atoms with van der Waals surface area (Å²) in [5.41, 5.74) is 5.86. The number of hydrogen-bond acceptors (Lipinski definition) is 2. The maximum absolute atomic E-state index is 5.87. The topological polar surface area (TPSA) is 18.5 Å². The van der Waals surface area contributed by atoms with E-state index in [0.717, 1.165) is 34.6 Å². The molecule has 2 heteroatoms. The molecule has 128 valence electrons. The lowest BCUT2D eigenvalue weighted by Crippen LogP contribution is -1.98. The third-order valence-electron chi connectivity index (χ3n) is 4.39. The van der Waals surface area contributed by atoms with E-state index in [-0.39, 0.29) is 0 Å². The van der Waals surface area contributed by atoms with Gasteiger partial charge in [-0.05, 0) is 42.2 Å². The number of rotatable bonds is 6. The number of hydrogen-bond donors (Lipinski definition) is 0. The summed E-state index contributed by atoms with van der Waals surface area (Å²) in [7, 11) is 1.73. The molecule has 0 bridgehead atoms. The molecule has 0 atom stereocenters. The molecule has 0 heterocycles. The molecule has 0 aliphatic carbocycles. The van der Waals surface area contributed by atoms with Crippen molar-refractivity contribution in [3.8, 4) is 33.8 Å².